The summed E-state index contributed by atoms with van der Waals surface area (Å²) in [4.78, 5) is 0. The van der Waals surface area contributed by atoms with Crippen molar-refractivity contribution in [2.24, 2.45) is 0 Å². The van der Waals surface area contributed by atoms with Crippen molar-refractivity contribution in [2.45, 2.75) is 35.9 Å². The Morgan fingerprint density at radius 3 is 2.00 bits per heavy atom. The highest BCUT2D eigenvalue weighted by molar-refractivity contribution is 6.17. The molecule has 0 radical (unpaired) electrons. The van der Waals surface area contributed by atoms with Crippen LogP contribution in [0.3, 0.4) is 0 Å². The molecule has 0 aromatic heterocycles. The summed E-state index contributed by atoms with van der Waals surface area (Å²) in [6.07, 6.45) is 0.597. The zero-order chi connectivity index (χ0) is 8.54. The van der Waals surface area contributed by atoms with Crippen LogP contribution in [0.2, 0.25) is 4.28 Å². The van der Waals surface area contributed by atoms with E-state index in [-0.39, 0.29) is 17.1 Å². The minimum Gasteiger partial charge on any atom is -0.207 e. The van der Waals surface area contributed by atoms with Crippen LogP contribution in [0.5, 0.6) is 0 Å². The quantitative estimate of drug-likeness (QED) is 0.509. The van der Waals surface area contributed by atoms with Gasteiger partial charge in [-0.2, -0.15) is 5.26 Å². The van der Waals surface area contributed by atoms with Gasteiger partial charge in [-0.05, 0) is 12.8 Å². The predicted molar refractivity (Wildman–Crippen MR) is 40.3 cm³/mol. The van der Waals surface area contributed by atoms with Gasteiger partial charge in [0.15, 0.2) is 0 Å². The van der Waals surface area contributed by atoms with Gasteiger partial charge in [-0.15, -0.1) is 0 Å². The highest BCUT2D eigenvalue weighted by atomic mass is 27.0. The molecular formula is C7H10AlF2N. The average molecular weight is 173 g/mol. The van der Waals surface area contributed by atoms with Crippen LogP contribution in [-0.2, 0) is 0 Å². The molecule has 1 rings (SSSR count). The van der Waals surface area contributed by atoms with Gasteiger partial charge >= 0.3 is 0 Å². The number of nitrogens with zero attached hydrogens (tertiary/aromatic N) is 1. The first-order valence-electron chi connectivity index (χ1n) is 3.77. The molecule has 1 saturated carbocycles. The lowest BCUT2D eigenvalue weighted by atomic mass is 9.87. The molecule has 0 atom stereocenters. The monoisotopic (exact) mass is 173 g/mol. The van der Waals surface area contributed by atoms with Gasteiger partial charge in [0.05, 0.1) is 6.07 Å². The molecule has 0 spiro atoms. The van der Waals surface area contributed by atoms with Crippen LogP contribution in [0.15, 0.2) is 0 Å². The second kappa shape index (κ2) is 2.74. The normalized spacial score (nSPS) is 27.4. The standard InChI is InChI=1S/C7H8F2N.Al.2H/c8-7(9)3-1-6(5-10)2-4-7;;;/h1-4H2;;;. The highest BCUT2D eigenvalue weighted by Gasteiger charge is 2.40. The zero-order valence-electron chi connectivity index (χ0n) is 6.53. The molecule has 0 aliphatic heterocycles. The van der Waals surface area contributed by atoms with Crippen LogP contribution in [0.25, 0.3) is 0 Å². The topological polar surface area (TPSA) is 23.8 Å². The molecule has 0 aromatic carbocycles. The molecule has 0 saturated heterocycles. The van der Waals surface area contributed by atoms with E-state index in [9.17, 15) is 8.78 Å². The van der Waals surface area contributed by atoms with Crippen molar-refractivity contribution in [1.29, 1.82) is 5.26 Å². The van der Waals surface area contributed by atoms with E-state index >= 15 is 0 Å². The van der Waals surface area contributed by atoms with Crippen LogP contribution in [-0.4, -0.2) is 22.2 Å². The third-order valence-corrected chi connectivity index (χ3v) is 3.58. The average Bonchev–Trinajstić information content (AvgIpc) is 1.97. The molecule has 0 amide bonds. The van der Waals surface area contributed by atoms with Crippen LogP contribution < -0.4 is 0 Å². The van der Waals surface area contributed by atoms with Crippen molar-refractivity contribution < 1.29 is 8.78 Å². The number of halogens is 2. The first-order chi connectivity index (χ1) is 4.97. The van der Waals surface area contributed by atoms with Gasteiger partial charge in [0, 0.05) is 17.1 Å². The van der Waals surface area contributed by atoms with E-state index in [1.807, 2.05) is 0 Å². The van der Waals surface area contributed by atoms with E-state index in [4.69, 9.17) is 5.26 Å². The highest BCUT2D eigenvalue weighted by Crippen LogP contribution is 2.45. The maximum absolute atomic E-state index is 12.6. The molecule has 0 bridgehead atoms. The summed E-state index contributed by atoms with van der Waals surface area (Å²) >= 11 is 0.715. The summed E-state index contributed by atoms with van der Waals surface area (Å²) in [6, 6.07) is 2.15. The maximum Gasteiger partial charge on any atom is 0.248 e. The molecule has 1 fully saturated rings. The molecule has 0 unspecified atom stereocenters. The zero-order valence-corrected chi connectivity index (χ0v) is 8.53. The Morgan fingerprint density at radius 2 is 1.64 bits per heavy atom. The van der Waals surface area contributed by atoms with E-state index < -0.39 is 5.92 Å². The fourth-order valence-corrected chi connectivity index (χ4v) is 1.78. The smallest absolute Gasteiger partial charge is 0.207 e. The lowest BCUT2D eigenvalue weighted by Gasteiger charge is -2.31. The van der Waals surface area contributed by atoms with Gasteiger partial charge in [0.1, 0.15) is 0 Å². The van der Waals surface area contributed by atoms with Gasteiger partial charge in [0.25, 0.3) is 0 Å². The fourth-order valence-electron chi connectivity index (χ4n) is 1.28. The van der Waals surface area contributed by atoms with Gasteiger partial charge in [0.2, 0.25) is 22.2 Å². The molecule has 0 N–H and O–H groups in total. The lowest BCUT2D eigenvalue weighted by Crippen LogP contribution is -2.28. The third kappa shape index (κ3) is 2.15. The van der Waals surface area contributed by atoms with Crippen molar-refractivity contribution in [3.63, 3.8) is 0 Å². The fraction of sp³-hybridized carbons (Fsp3) is 0.857. The first-order valence-corrected chi connectivity index (χ1v) is 4.77. The Kier molecular flexibility index (Phi) is 2.23. The minimum absolute atomic E-state index is 0.0932. The third-order valence-electron chi connectivity index (χ3n) is 2.35. The van der Waals surface area contributed by atoms with Gasteiger partial charge < -0.3 is 0 Å². The number of rotatable bonds is 0. The predicted octanol–water partition coefficient (Wildman–Crippen LogP) is 1.51. The summed E-state index contributed by atoms with van der Waals surface area (Å²) in [7, 11) is 0. The lowest BCUT2D eigenvalue weighted by molar-refractivity contribution is -0.0384. The molecule has 1 nitrogen and oxygen atoms in total. The van der Waals surface area contributed by atoms with Crippen molar-refractivity contribution in [3.8, 4) is 6.07 Å². The van der Waals surface area contributed by atoms with Crippen LogP contribution >= 0.6 is 0 Å². The molecular weight excluding hydrogens is 163 g/mol. The Bertz CT molecular complexity index is 187. The first kappa shape index (κ1) is 8.97. The summed E-state index contributed by atoms with van der Waals surface area (Å²) < 4.78 is 24.8. The van der Waals surface area contributed by atoms with Crippen molar-refractivity contribution in [3.05, 3.63) is 0 Å². The molecule has 11 heavy (non-hydrogen) atoms. The van der Waals surface area contributed by atoms with E-state index in [2.05, 4.69) is 6.07 Å². The number of alkyl halides is 2. The molecule has 1 aliphatic carbocycles. The Hall–Kier alpha value is -0.118. The second-order valence-corrected chi connectivity index (χ2v) is 5.44. The summed E-state index contributed by atoms with van der Waals surface area (Å²) in [5.41, 5.74) is 0. The minimum atomic E-state index is -2.50. The van der Waals surface area contributed by atoms with E-state index in [1.165, 1.54) is 0 Å². The molecule has 4 heteroatoms. The summed E-state index contributed by atoms with van der Waals surface area (Å²) in [5, 5.41) is 8.66. The Labute approximate surface area is 72.8 Å². The molecule has 0 heterocycles. The summed E-state index contributed by atoms with van der Waals surface area (Å²) in [5.74, 6) is -2.50. The van der Waals surface area contributed by atoms with Gasteiger partial charge in [-0.1, -0.05) is 0 Å². The van der Waals surface area contributed by atoms with E-state index in [0.29, 0.717) is 29.1 Å². The van der Waals surface area contributed by atoms with Crippen molar-refractivity contribution in [1.82, 2.24) is 0 Å². The Morgan fingerprint density at radius 1 is 1.18 bits per heavy atom. The molecule has 60 valence electrons. The van der Waals surface area contributed by atoms with Gasteiger partial charge in [-0.3, -0.25) is 0 Å². The van der Waals surface area contributed by atoms with E-state index in [1.54, 1.807) is 0 Å². The molecule has 0 aromatic rings. The van der Waals surface area contributed by atoms with Crippen molar-refractivity contribution in [2.75, 3.05) is 0 Å². The Balaban J connectivity index is 2.56. The maximum atomic E-state index is 12.6. The van der Waals surface area contributed by atoms with Crippen LogP contribution in [0.4, 0.5) is 8.78 Å². The van der Waals surface area contributed by atoms with Gasteiger partial charge in [-0.25, -0.2) is 8.78 Å². The summed E-state index contributed by atoms with van der Waals surface area (Å²) in [6.45, 7) is 0. The SMILES string of the molecule is N#C[C]1([AlH2])CCC(F)(F)CC1. The van der Waals surface area contributed by atoms with Crippen LogP contribution in [0, 0.1) is 11.3 Å². The molecule has 1 aliphatic rings. The number of nitriles is 1. The van der Waals surface area contributed by atoms with E-state index in [0.717, 1.165) is 0 Å². The number of hydrogen-bond donors (Lipinski definition) is 0. The second-order valence-electron chi connectivity index (χ2n) is 3.53. The number of hydrogen-bond acceptors (Lipinski definition) is 1. The van der Waals surface area contributed by atoms with Crippen molar-refractivity contribution >= 4 is 16.3 Å². The largest absolute Gasteiger partial charge is 0.248 e. The van der Waals surface area contributed by atoms with Crippen LogP contribution in [0.1, 0.15) is 25.7 Å².